The number of hydrogen-bond donors (Lipinski definition) is 2. The van der Waals surface area contributed by atoms with Gasteiger partial charge in [-0.3, -0.25) is 0 Å². The molecule has 0 fully saturated rings. The first-order valence-corrected chi connectivity index (χ1v) is 3.74. The maximum absolute atomic E-state index is 13.0. The first-order chi connectivity index (χ1) is 6.83. The molecule has 0 aliphatic rings. The summed E-state index contributed by atoms with van der Waals surface area (Å²) in [7, 11) is 0. The lowest BCUT2D eigenvalue weighted by Gasteiger charge is -2.10. The molecule has 1 aromatic rings. The third-order valence-electron chi connectivity index (χ3n) is 1.43. The van der Waals surface area contributed by atoms with E-state index in [-0.39, 0.29) is 12.2 Å². The van der Waals surface area contributed by atoms with Gasteiger partial charge in [0.2, 0.25) is 5.82 Å². The van der Waals surface area contributed by atoms with Crippen LogP contribution >= 0.6 is 0 Å². The van der Waals surface area contributed by atoms with E-state index in [1.54, 1.807) is 0 Å². The smallest absolute Gasteiger partial charge is 0.396 e. The van der Waals surface area contributed by atoms with Gasteiger partial charge >= 0.3 is 6.36 Å². The van der Waals surface area contributed by atoms with Crippen molar-refractivity contribution in [2.75, 3.05) is 5.73 Å². The summed E-state index contributed by atoms with van der Waals surface area (Å²) < 4.78 is 51.7. The van der Waals surface area contributed by atoms with Crippen LogP contribution in [0.15, 0.2) is 6.07 Å². The van der Waals surface area contributed by atoms with Crippen molar-refractivity contribution in [2.45, 2.75) is 12.9 Å². The SMILES string of the molecule is NCc1cc(N)c(F)c(OC(F)(F)F)n1. The number of rotatable bonds is 2. The summed E-state index contributed by atoms with van der Waals surface area (Å²) >= 11 is 0. The van der Waals surface area contributed by atoms with Crippen LogP contribution in [0.5, 0.6) is 5.88 Å². The number of ether oxygens (including phenoxy) is 1. The minimum atomic E-state index is -5.02. The third-order valence-corrected chi connectivity index (χ3v) is 1.43. The summed E-state index contributed by atoms with van der Waals surface area (Å²) in [6.45, 7) is -0.168. The molecule has 8 heteroatoms. The molecule has 0 bridgehead atoms. The zero-order valence-electron chi connectivity index (χ0n) is 7.31. The second kappa shape index (κ2) is 3.89. The van der Waals surface area contributed by atoms with Gasteiger partial charge in [0, 0.05) is 6.54 Å². The number of aromatic nitrogens is 1. The Kier molecular flexibility index (Phi) is 2.98. The lowest BCUT2D eigenvalue weighted by molar-refractivity contribution is -0.277. The second-order valence-corrected chi connectivity index (χ2v) is 2.57. The minimum Gasteiger partial charge on any atom is -0.396 e. The van der Waals surface area contributed by atoms with Gasteiger partial charge in [0.15, 0.2) is 0 Å². The molecule has 0 saturated heterocycles. The molecule has 0 atom stereocenters. The van der Waals surface area contributed by atoms with Gasteiger partial charge < -0.3 is 16.2 Å². The predicted molar refractivity (Wildman–Crippen MR) is 43.2 cm³/mol. The fourth-order valence-electron chi connectivity index (χ4n) is 0.860. The molecule has 15 heavy (non-hydrogen) atoms. The number of halogens is 4. The standard InChI is InChI=1S/C7H7F4N3O/c8-5-4(13)1-3(2-12)14-6(5)15-7(9,10)11/h1H,2,12H2,(H2,13,14). The Morgan fingerprint density at radius 1 is 1.40 bits per heavy atom. The van der Waals surface area contributed by atoms with Crippen LogP contribution in [0, 0.1) is 5.82 Å². The largest absolute Gasteiger partial charge is 0.574 e. The van der Waals surface area contributed by atoms with Gasteiger partial charge in [-0.1, -0.05) is 0 Å². The monoisotopic (exact) mass is 225 g/mol. The average Bonchev–Trinajstić information content (AvgIpc) is 2.10. The van der Waals surface area contributed by atoms with Crippen LogP contribution in [0.3, 0.4) is 0 Å². The molecule has 0 aromatic carbocycles. The van der Waals surface area contributed by atoms with E-state index in [9.17, 15) is 17.6 Å². The number of nitrogens with two attached hydrogens (primary N) is 2. The predicted octanol–water partition coefficient (Wildman–Crippen LogP) is 1.16. The van der Waals surface area contributed by atoms with E-state index in [0.717, 1.165) is 6.07 Å². The molecule has 1 heterocycles. The Morgan fingerprint density at radius 2 is 2.00 bits per heavy atom. The molecule has 0 spiro atoms. The summed E-state index contributed by atoms with van der Waals surface area (Å²) in [6.07, 6.45) is -5.02. The van der Waals surface area contributed by atoms with Crippen molar-refractivity contribution in [1.29, 1.82) is 0 Å². The second-order valence-electron chi connectivity index (χ2n) is 2.57. The van der Waals surface area contributed by atoms with E-state index in [1.807, 2.05) is 0 Å². The summed E-state index contributed by atoms with van der Waals surface area (Å²) in [6, 6.07) is 1.04. The van der Waals surface area contributed by atoms with Crippen molar-refractivity contribution < 1.29 is 22.3 Å². The Balaban J connectivity index is 3.11. The number of alkyl halides is 3. The summed E-state index contributed by atoms with van der Waals surface area (Å²) in [5.41, 5.74) is 9.73. The van der Waals surface area contributed by atoms with Crippen LogP contribution in [0.1, 0.15) is 5.69 Å². The van der Waals surface area contributed by atoms with Gasteiger partial charge in [0.25, 0.3) is 5.88 Å². The van der Waals surface area contributed by atoms with Crippen molar-refractivity contribution in [3.63, 3.8) is 0 Å². The average molecular weight is 225 g/mol. The van der Waals surface area contributed by atoms with E-state index in [1.165, 1.54) is 0 Å². The topological polar surface area (TPSA) is 74.2 Å². The van der Waals surface area contributed by atoms with E-state index in [0.29, 0.717) is 0 Å². The Labute approximate surface area is 81.8 Å². The molecule has 1 rings (SSSR count). The molecular formula is C7H7F4N3O. The van der Waals surface area contributed by atoms with E-state index >= 15 is 0 Å². The Bertz CT molecular complexity index is 366. The van der Waals surface area contributed by atoms with Crippen LogP contribution in [0.2, 0.25) is 0 Å². The van der Waals surface area contributed by atoms with Gasteiger partial charge in [0.05, 0.1) is 11.4 Å². The lowest BCUT2D eigenvalue weighted by atomic mass is 10.3. The zero-order valence-corrected chi connectivity index (χ0v) is 7.31. The number of hydrogen-bond acceptors (Lipinski definition) is 4. The number of nitrogens with zero attached hydrogens (tertiary/aromatic N) is 1. The van der Waals surface area contributed by atoms with Crippen molar-refractivity contribution >= 4 is 5.69 Å². The summed E-state index contributed by atoms with van der Waals surface area (Å²) in [5.74, 6) is -2.58. The van der Waals surface area contributed by atoms with Crippen LogP contribution in [-0.2, 0) is 6.54 Å². The highest BCUT2D eigenvalue weighted by atomic mass is 19.4. The number of anilines is 1. The molecule has 0 aliphatic heterocycles. The van der Waals surface area contributed by atoms with Gasteiger partial charge in [-0.2, -0.15) is 4.39 Å². The molecule has 0 amide bonds. The van der Waals surface area contributed by atoms with Crippen molar-refractivity contribution in [2.24, 2.45) is 5.73 Å². The molecule has 0 saturated carbocycles. The van der Waals surface area contributed by atoms with E-state index in [2.05, 4.69) is 9.72 Å². The molecule has 84 valence electrons. The van der Waals surface area contributed by atoms with Gasteiger partial charge in [-0.25, -0.2) is 4.98 Å². The molecule has 4 N–H and O–H groups in total. The first kappa shape index (κ1) is 11.5. The maximum Gasteiger partial charge on any atom is 0.574 e. The molecule has 0 aliphatic carbocycles. The molecular weight excluding hydrogens is 218 g/mol. The third kappa shape index (κ3) is 2.94. The zero-order chi connectivity index (χ0) is 11.6. The summed E-state index contributed by atoms with van der Waals surface area (Å²) in [4.78, 5) is 3.21. The molecule has 1 aromatic heterocycles. The van der Waals surface area contributed by atoms with E-state index < -0.39 is 23.7 Å². The molecule has 0 unspecified atom stereocenters. The van der Waals surface area contributed by atoms with Crippen LogP contribution in [0.25, 0.3) is 0 Å². The van der Waals surface area contributed by atoms with E-state index in [4.69, 9.17) is 11.5 Å². The molecule has 4 nitrogen and oxygen atoms in total. The Hall–Kier alpha value is -1.57. The highest BCUT2D eigenvalue weighted by Crippen LogP contribution is 2.27. The minimum absolute atomic E-state index is 0.00755. The quantitative estimate of drug-likeness (QED) is 0.740. The van der Waals surface area contributed by atoms with Crippen LogP contribution in [-0.4, -0.2) is 11.3 Å². The highest BCUT2D eigenvalue weighted by Gasteiger charge is 2.33. The summed E-state index contributed by atoms with van der Waals surface area (Å²) in [5, 5.41) is 0. The fourth-order valence-corrected chi connectivity index (χ4v) is 0.860. The van der Waals surface area contributed by atoms with Crippen molar-refractivity contribution in [1.82, 2.24) is 4.98 Å². The fraction of sp³-hybridized carbons (Fsp3) is 0.286. The van der Waals surface area contributed by atoms with Gasteiger partial charge in [-0.05, 0) is 6.07 Å². The van der Waals surface area contributed by atoms with Crippen LogP contribution < -0.4 is 16.2 Å². The van der Waals surface area contributed by atoms with Gasteiger partial charge in [0.1, 0.15) is 0 Å². The number of pyridine rings is 1. The van der Waals surface area contributed by atoms with Gasteiger partial charge in [-0.15, -0.1) is 13.2 Å². The normalized spacial score (nSPS) is 11.5. The Morgan fingerprint density at radius 3 is 2.47 bits per heavy atom. The molecule has 0 radical (unpaired) electrons. The van der Waals surface area contributed by atoms with Crippen LogP contribution in [0.4, 0.5) is 23.2 Å². The first-order valence-electron chi connectivity index (χ1n) is 3.74. The van der Waals surface area contributed by atoms with Crippen molar-refractivity contribution in [3.05, 3.63) is 17.6 Å². The maximum atomic E-state index is 13.0. The van der Waals surface area contributed by atoms with Crippen molar-refractivity contribution in [3.8, 4) is 5.88 Å². The lowest BCUT2D eigenvalue weighted by Crippen LogP contribution is -2.20. The highest BCUT2D eigenvalue weighted by molar-refractivity contribution is 5.44. The number of nitrogen functional groups attached to an aromatic ring is 1.